The molecule has 3 heteroatoms. The molecule has 23 heavy (non-hydrogen) atoms. The maximum absolute atomic E-state index is 10.6. The Morgan fingerprint density at radius 2 is 1.17 bits per heavy atom. The van der Waals surface area contributed by atoms with Crippen molar-refractivity contribution < 1.29 is 9.53 Å². The average molecular weight is 335 g/mol. The number of rotatable bonds is 16. The number of unbranched alkanes of at least 4 members (excludes halogenated alkanes) is 12. The van der Waals surface area contributed by atoms with Crippen LogP contribution < -0.4 is 0 Å². The van der Waals surface area contributed by atoms with Gasteiger partial charge >= 0.3 is 35.5 Å². The fourth-order valence-electron chi connectivity index (χ4n) is 2.57. The van der Waals surface area contributed by atoms with Crippen molar-refractivity contribution in [3.05, 3.63) is 12.2 Å². The van der Waals surface area contributed by atoms with E-state index in [1.165, 1.54) is 90.4 Å². The molecule has 2 nitrogen and oxygen atoms in total. The molecule has 0 radical (unpaired) electrons. The van der Waals surface area contributed by atoms with Crippen LogP contribution >= 0.6 is 0 Å². The molecule has 132 valence electrons. The van der Waals surface area contributed by atoms with Crippen molar-refractivity contribution in [2.75, 3.05) is 6.61 Å². The van der Waals surface area contributed by atoms with E-state index < -0.39 is 0 Å². The van der Waals surface area contributed by atoms with Crippen LogP contribution in [0.2, 0.25) is 0 Å². The Morgan fingerprint density at radius 1 is 0.739 bits per heavy atom. The van der Waals surface area contributed by atoms with Crippen LogP contribution in [0.25, 0.3) is 0 Å². The van der Waals surface area contributed by atoms with Crippen LogP contribution in [0.1, 0.15) is 104 Å². The normalized spacial score (nSPS) is 10.7. The van der Waals surface area contributed by atoms with Gasteiger partial charge in [-0.2, -0.15) is 0 Å². The summed E-state index contributed by atoms with van der Waals surface area (Å²) in [6, 6.07) is 0. The van der Waals surface area contributed by atoms with Gasteiger partial charge in [0.15, 0.2) is 0 Å². The minimum atomic E-state index is -0.159. The minimum absolute atomic E-state index is 0. The third kappa shape index (κ3) is 24.6. The molecule has 0 aromatic heterocycles. The molecule has 0 heterocycles. The van der Waals surface area contributed by atoms with Crippen LogP contribution in [-0.4, -0.2) is 42.1 Å². The van der Waals surface area contributed by atoms with Gasteiger partial charge in [0, 0.05) is 6.92 Å². The summed E-state index contributed by atoms with van der Waals surface area (Å²) in [5.41, 5.74) is 0. The summed E-state index contributed by atoms with van der Waals surface area (Å²) in [5, 5.41) is 0. The first-order chi connectivity index (χ1) is 10.8. The zero-order chi connectivity index (χ0) is 16.3. The summed E-state index contributed by atoms with van der Waals surface area (Å²) in [5.74, 6) is -0.159. The van der Waals surface area contributed by atoms with Crippen molar-refractivity contribution in [3.8, 4) is 0 Å². The molecule has 0 aromatic rings. The van der Waals surface area contributed by atoms with Crippen molar-refractivity contribution in [3.63, 3.8) is 0 Å². The van der Waals surface area contributed by atoms with Gasteiger partial charge in [-0.1, -0.05) is 76.9 Å². The molecule has 0 atom stereocenters. The van der Waals surface area contributed by atoms with Crippen LogP contribution in [0, 0.1) is 0 Å². The second kappa shape index (κ2) is 22.2. The Bertz CT molecular complexity index is 264. The van der Waals surface area contributed by atoms with Crippen molar-refractivity contribution in [2.24, 2.45) is 0 Å². The summed E-state index contributed by atoms with van der Waals surface area (Å²) >= 11 is 0. The Balaban J connectivity index is 0. The first-order valence-electron chi connectivity index (χ1n) is 9.55. The van der Waals surface area contributed by atoms with Crippen molar-refractivity contribution in [1.29, 1.82) is 0 Å². The van der Waals surface area contributed by atoms with E-state index in [0.29, 0.717) is 6.61 Å². The van der Waals surface area contributed by atoms with Crippen molar-refractivity contribution >= 4 is 35.5 Å². The van der Waals surface area contributed by atoms with E-state index in [1.807, 2.05) is 0 Å². The molecule has 0 bridgehead atoms. The van der Waals surface area contributed by atoms with Crippen LogP contribution in [-0.2, 0) is 9.53 Å². The number of hydrogen-bond donors (Lipinski definition) is 0. The third-order valence-electron chi connectivity index (χ3n) is 3.96. The molecule has 0 fully saturated rings. The molecule has 0 aliphatic heterocycles. The van der Waals surface area contributed by atoms with Crippen LogP contribution in [0.4, 0.5) is 0 Å². The van der Waals surface area contributed by atoms with E-state index in [0.717, 1.165) is 6.42 Å². The van der Waals surface area contributed by atoms with Crippen molar-refractivity contribution in [2.45, 2.75) is 104 Å². The molecule has 0 rings (SSSR count). The molecular formula is C20H39NaO2. The first-order valence-corrected chi connectivity index (χ1v) is 9.55. The molecule has 0 spiro atoms. The number of esters is 1. The second-order valence-corrected chi connectivity index (χ2v) is 6.28. The monoisotopic (exact) mass is 334 g/mol. The van der Waals surface area contributed by atoms with Gasteiger partial charge < -0.3 is 4.74 Å². The topological polar surface area (TPSA) is 26.3 Å². The number of hydrogen-bond acceptors (Lipinski definition) is 2. The van der Waals surface area contributed by atoms with Gasteiger partial charge in [-0.05, 0) is 32.1 Å². The Morgan fingerprint density at radius 3 is 1.65 bits per heavy atom. The molecule has 0 unspecified atom stereocenters. The predicted molar refractivity (Wildman–Crippen MR) is 103 cm³/mol. The maximum atomic E-state index is 10.6. The Hall–Kier alpha value is 0.210. The van der Waals surface area contributed by atoms with Gasteiger partial charge in [-0.3, -0.25) is 4.79 Å². The second-order valence-electron chi connectivity index (χ2n) is 6.28. The molecule has 0 aliphatic rings. The van der Waals surface area contributed by atoms with Crippen LogP contribution in [0.5, 0.6) is 0 Å². The van der Waals surface area contributed by atoms with Gasteiger partial charge in [0.25, 0.3) is 0 Å². The summed E-state index contributed by atoms with van der Waals surface area (Å²) < 4.78 is 4.91. The van der Waals surface area contributed by atoms with E-state index in [-0.39, 0.29) is 35.5 Å². The van der Waals surface area contributed by atoms with Gasteiger partial charge in [0.2, 0.25) is 0 Å². The summed E-state index contributed by atoms with van der Waals surface area (Å²) in [6.07, 6.45) is 23.0. The summed E-state index contributed by atoms with van der Waals surface area (Å²) in [6.45, 7) is 4.34. The predicted octanol–water partition coefficient (Wildman–Crippen LogP) is 5.94. The number of ether oxygens (including phenoxy) is 1. The molecular weight excluding hydrogens is 295 g/mol. The van der Waals surface area contributed by atoms with Gasteiger partial charge in [0.1, 0.15) is 0 Å². The van der Waals surface area contributed by atoms with E-state index in [9.17, 15) is 4.79 Å². The van der Waals surface area contributed by atoms with Crippen molar-refractivity contribution in [1.82, 2.24) is 0 Å². The number of allylic oxidation sites excluding steroid dienone is 2. The molecule has 0 amide bonds. The standard InChI is InChI=1S/C20H38O2.Na.H/c1-3-4-5-6-7-8-9-10-11-12-13-14-15-16-17-18-19-22-20(2)21;;/h10-11H,3-9,12-19H2,1-2H3;;/b11-10-;;. The molecule has 0 N–H and O–H groups in total. The zero-order valence-electron chi connectivity index (χ0n) is 15.1. The van der Waals surface area contributed by atoms with E-state index in [1.54, 1.807) is 0 Å². The molecule has 0 saturated carbocycles. The van der Waals surface area contributed by atoms with Crippen LogP contribution in [0.3, 0.4) is 0 Å². The molecule has 0 aliphatic carbocycles. The summed E-state index contributed by atoms with van der Waals surface area (Å²) in [4.78, 5) is 10.6. The third-order valence-corrected chi connectivity index (χ3v) is 3.96. The van der Waals surface area contributed by atoms with E-state index in [2.05, 4.69) is 19.1 Å². The fraction of sp³-hybridized carbons (Fsp3) is 0.850. The van der Waals surface area contributed by atoms with Gasteiger partial charge in [0.05, 0.1) is 6.61 Å². The zero-order valence-corrected chi connectivity index (χ0v) is 15.1. The fourth-order valence-corrected chi connectivity index (χ4v) is 2.57. The first kappa shape index (κ1) is 25.5. The Labute approximate surface area is 167 Å². The SMILES string of the molecule is CCCCCCCC/C=C\CCCCCCCCOC(C)=O.[NaH]. The van der Waals surface area contributed by atoms with Gasteiger partial charge in [-0.15, -0.1) is 0 Å². The Kier molecular flexibility index (Phi) is 24.6. The quantitative estimate of drug-likeness (QED) is 0.151. The molecule has 0 saturated heterocycles. The average Bonchev–Trinajstić information content (AvgIpc) is 2.50. The summed E-state index contributed by atoms with van der Waals surface area (Å²) in [7, 11) is 0. The van der Waals surface area contributed by atoms with Crippen LogP contribution in [0.15, 0.2) is 12.2 Å². The van der Waals surface area contributed by atoms with E-state index in [4.69, 9.17) is 4.74 Å². The number of carbonyl (C=O) groups is 1. The number of carbonyl (C=O) groups excluding carboxylic acids is 1. The van der Waals surface area contributed by atoms with E-state index >= 15 is 0 Å². The molecule has 0 aromatic carbocycles. The van der Waals surface area contributed by atoms with Gasteiger partial charge in [-0.25, -0.2) is 0 Å².